The molecule has 8 N–H and O–H groups in total. The van der Waals surface area contributed by atoms with E-state index in [0.717, 1.165) is 217 Å². The van der Waals surface area contributed by atoms with Crippen LogP contribution >= 0.6 is 0 Å². The van der Waals surface area contributed by atoms with E-state index in [2.05, 4.69) is 110 Å². The average Bonchev–Trinajstić information content (AvgIpc) is 1.63. The van der Waals surface area contributed by atoms with Crippen molar-refractivity contribution in [1.82, 2.24) is 92.5 Å². The van der Waals surface area contributed by atoms with Crippen LogP contribution in [-0.2, 0) is 40.4 Å². The summed E-state index contributed by atoms with van der Waals surface area (Å²) < 4.78 is 27.6. The second kappa shape index (κ2) is 33.6. The van der Waals surface area contributed by atoms with Gasteiger partial charge in [0.2, 0.25) is 0 Å². The Morgan fingerprint density at radius 2 is 0.973 bits per heavy atom. The van der Waals surface area contributed by atoms with Gasteiger partial charge >= 0.3 is 11.9 Å². The number of morpholine rings is 3. The number of amides is 1. The number of nitrogens with two attached hydrogens (primary N) is 1. The van der Waals surface area contributed by atoms with Crippen LogP contribution in [-0.4, -0.2) is 264 Å². The lowest BCUT2D eigenvalue weighted by Gasteiger charge is -2.26. The summed E-state index contributed by atoms with van der Waals surface area (Å²) >= 11 is 0. The molecule has 32 heteroatoms. The van der Waals surface area contributed by atoms with Gasteiger partial charge in [-0.1, -0.05) is 30.3 Å². The van der Waals surface area contributed by atoms with Gasteiger partial charge in [0.15, 0.2) is 16.9 Å². The van der Waals surface area contributed by atoms with Gasteiger partial charge in [-0.05, 0) is 73.7 Å². The minimum atomic E-state index is -1.06. The highest BCUT2D eigenvalue weighted by molar-refractivity contribution is 6.02. The van der Waals surface area contributed by atoms with Gasteiger partial charge in [0, 0.05) is 218 Å². The second-order valence-corrected chi connectivity index (χ2v) is 28.9. The Hall–Kier alpha value is -11.2. The largest absolute Gasteiger partial charge is 0.477 e. The maximum atomic E-state index is 13.1. The molecule has 2 aliphatic carbocycles. The number of aliphatic hydroxyl groups excluding tert-OH is 2. The number of rotatable bonds is 24. The standard InChI is InChI=1S/C28H29N7O3.C26H32N8O3.C20H20N6O3.C5H11NO/c1-32(18-20-6-3-2-4-7-20)25-16-24(31-27-22(28(36)37)17-30-35(25)27)23-19-34(26-21(23)8-5-9-29-26)11-10-33-12-14-38-15-13-33;1-27-22-13-21(31-24-19(14-30-34(22)24)25(36)29-16-26(17-35)4-5-26)20-15-33(23-18(20)3-2-6-28-23)8-7-32-9-11-37-12-10-32;27-20(28)15-12-22-26-5-3-17(23-19(15)26)16-13-25(18-14(16)2-1-4-21-18)7-6-24-8-10-29-11-9-24;6-3-5(4-7)1-2-5/h2-9,16-17,19H,10-15,18H2,1H3,(H,36,37);2-3,6,13-15,27,35H,4-5,7-12,16-17H2,1H3,(H,29,36);1-5,12-13H,6-11H2,(H,27,28);7H,1-4,6H2. The maximum Gasteiger partial charge on any atom is 0.341 e. The van der Waals surface area contributed by atoms with Crippen LogP contribution in [0, 0.1) is 10.8 Å². The molecule has 15 heterocycles. The summed E-state index contributed by atoms with van der Waals surface area (Å²) in [4.78, 5) is 74.0. The first-order chi connectivity index (χ1) is 54.2. The summed E-state index contributed by atoms with van der Waals surface area (Å²) in [6, 6.07) is 27.8. The number of ether oxygens (including phenoxy) is 3. The molecule has 13 aromatic rings. The summed E-state index contributed by atoms with van der Waals surface area (Å²) in [6.45, 7) is 17.4. The molecule has 32 nitrogen and oxygen atoms in total. The Morgan fingerprint density at radius 1 is 0.523 bits per heavy atom. The number of aromatic carboxylic acids is 2. The maximum absolute atomic E-state index is 13.1. The van der Waals surface area contributed by atoms with Crippen LogP contribution in [0.4, 0.5) is 11.6 Å². The van der Waals surface area contributed by atoms with E-state index in [1.807, 2.05) is 93.2 Å². The first-order valence-electron chi connectivity index (χ1n) is 37.7. The fourth-order valence-electron chi connectivity index (χ4n) is 14.3. The predicted octanol–water partition coefficient (Wildman–Crippen LogP) is 6.53. The van der Waals surface area contributed by atoms with E-state index in [9.17, 15) is 29.7 Å². The van der Waals surface area contributed by atoms with Crippen LogP contribution in [0.2, 0.25) is 0 Å². The van der Waals surface area contributed by atoms with Gasteiger partial charge in [-0.15, -0.1) is 0 Å². The van der Waals surface area contributed by atoms with Crippen molar-refractivity contribution in [2.45, 2.75) is 51.9 Å². The van der Waals surface area contributed by atoms with Gasteiger partial charge in [0.05, 0.1) is 81.9 Å². The van der Waals surface area contributed by atoms with E-state index >= 15 is 0 Å². The van der Waals surface area contributed by atoms with Crippen LogP contribution in [0.15, 0.2) is 147 Å². The SMILES string of the molecule is CN(Cc1ccccc1)c1cc(-c2cn(CCN3CCOCC3)c3ncccc23)nc2c(C(=O)O)cnn12.CNc1cc(-c2cn(CCN3CCOCC3)c3ncccc23)nc2c(C(=O)NCC3(CO)CC3)cnn12.NCC1(CO)CC1.O=C(O)c1cnn2ccc(-c3cn(CCN4CCOCC4)c4ncccc34)nc12. The number of aromatic nitrogens is 15. The zero-order valence-electron chi connectivity index (χ0n) is 62.3. The highest BCUT2D eigenvalue weighted by Crippen LogP contribution is 2.45. The minimum Gasteiger partial charge on any atom is -0.477 e. The molecule has 578 valence electrons. The lowest BCUT2D eigenvalue weighted by Crippen LogP contribution is -2.38. The Balaban J connectivity index is 0.000000127. The summed E-state index contributed by atoms with van der Waals surface area (Å²) in [6.07, 6.45) is 21.7. The average molecular weight is 1510 g/mol. The molecule has 1 amide bonds. The predicted molar refractivity (Wildman–Crippen MR) is 418 cm³/mol. The van der Waals surface area contributed by atoms with Gasteiger partial charge < -0.3 is 69.6 Å². The zero-order chi connectivity index (χ0) is 76.6. The zero-order valence-corrected chi connectivity index (χ0v) is 62.3. The third kappa shape index (κ3) is 16.7. The summed E-state index contributed by atoms with van der Waals surface area (Å²) in [5, 5.41) is 59.4. The Bertz CT molecular complexity index is 5430. The molecule has 1 aromatic carbocycles. The number of carbonyl (C=O) groups is 3. The fourth-order valence-corrected chi connectivity index (χ4v) is 14.3. The van der Waals surface area contributed by atoms with Gasteiger partial charge in [0.1, 0.15) is 45.3 Å². The summed E-state index contributed by atoms with van der Waals surface area (Å²) in [5.41, 5.74) is 15.7. The lowest BCUT2D eigenvalue weighted by molar-refractivity contribution is 0.0365. The number of nitrogens with one attached hydrogen (secondary N) is 2. The lowest BCUT2D eigenvalue weighted by atomic mass is 10.1. The normalized spacial score (nSPS) is 16.3. The quantitative estimate of drug-likeness (QED) is 0.0338. The molecule has 3 aliphatic heterocycles. The molecule has 0 atom stereocenters. The number of hydrogen-bond donors (Lipinski definition) is 7. The summed E-state index contributed by atoms with van der Waals surface area (Å²) in [7, 11) is 3.80. The third-order valence-corrected chi connectivity index (χ3v) is 21.6. The third-order valence-electron chi connectivity index (χ3n) is 21.6. The smallest absolute Gasteiger partial charge is 0.341 e. The number of carbonyl (C=O) groups excluding carboxylic acids is 1. The highest BCUT2D eigenvalue weighted by atomic mass is 16.5. The molecule has 111 heavy (non-hydrogen) atoms. The molecule has 2 saturated carbocycles. The molecular weight excluding hydrogens is 1420 g/mol. The first kappa shape index (κ1) is 75.2. The van der Waals surface area contributed by atoms with Crippen molar-refractivity contribution in [3.05, 3.63) is 169 Å². The van der Waals surface area contributed by atoms with Crippen molar-refractivity contribution in [3.63, 3.8) is 0 Å². The van der Waals surface area contributed by atoms with Gasteiger partial charge in [-0.2, -0.15) is 24.3 Å². The molecule has 5 fully saturated rings. The molecule has 18 rings (SSSR count). The highest BCUT2D eigenvalue weighted by Gasteiger charge is 2.42. The van der Waals surface area contributed by atoms with E-state index in [1.165, 1.54) is 16.9 Å². The van der Waals surface area contributed by atoms with Crippen LogP contribution in [0.3, 0.4) is 0 Å². The van der Waals surface area contributed by atoms with Crippen molar-refractivity contribution >= 4 is 79.5 Å². The van der Waals surface area contributed by atoms with Gasteiger partial charge in [0.25, 0.3) is 5.91 Å². The number of benzene rings is 1. The number of anilines is 2. The molecule has 0 unspecified atom stereocenters. The van der Waals surface area contributed by atoms with Crippen molar-refractivity contribution in [3.8, 4) is 33.8 Å². The van der Waals surface area contributed by atoms with Crippen molar-refractivity contribution in [2.24, 2.45) is 16.6 Å². The van der Waals surface area contributed by atoms with Crippen molar-refractivity contribution < 1.29 is 49.0 Å². The van der Waals surface area contributed by atoms with E-state index in [-0.39, 0.29) is 41.1 Å². The minimum absolute atomic E-state index is 0.0652. The Kier molecular flexibility index (Phi) is 22.7. The monoisotopic (exact) mass is 1510 g/mol. The van der Waals surface area contributed by atoms with E-state index in [1.54, 1.807) is 33.8 Å². The van der Waals surface area contributed by atoms with E-state index in [0.29, 0.717) is 53.5 Å². The molecular formula is C79H92N22O10. The molecule has 0 radical (unpaired) electrons. The number of aliphatic hydroxyl groups is 2. The Labute approximate surface area is 638 Å². The van der Waals surface area contributed by atoms with Crippen LogP contribution in [0.1, 0.15) is 62.3 Å². The molecule has 0 spiro atoms. The molecule has 0 bridgehead atoms. The number of fused-ring (bicyclic) bond motifs is 6. The molecule has 12 aromatic heterocycles. The summed E-state index contributed by atoms with van der Waals surface area (Å²) in [5.74, 6) is -0.864. The van der Waals surface area contributed by atoms with Crippen molar-refractivity contribution in [2.75, 3.05) is 149 Å². The van der Waals surface area contributed by atoms with Crippen LogP contribution in [0.25, 0.3) is 83.8 Å². The first-order valence-corrected chi connectivity index (χ1v) is 37.7. The topological polar surface area (TPSA) is 367 Å². The number of carboxylic acids is 2. The van der Waals surface area contributed by atoms with Crippen molar-refractivity contribution in [1.29, 1.82) is 0 Å². The van der Waals surface area contributed by atoms with Gasteiger partial charge in [-0.25, -0.2) is 44.0 Å². The molecule has 3 saturated heterocycles. The number of pyridine rings is 3. The number of carboxylic acid groups (broad SMARTS) is 2. The molecule has 5 aliphatic rings. The Morgan fingerprint density at radius 3 is 1.44 bits per heavy atom. The van der Waals surface area contributed by atoms with Crippen LogP contribution in [0.5, 0.6) is 0 Å². The van der Waals surface area contributed by atoms with Gasteiger partial charge in [-0.3, -0.25) is 19.5 Å². The number of hydrogen-bond acceptors (Lipinski definition) is 23. The van der Waals surface area contributed by atoms with E-state index in [4.69, 9.17) is 35.0 Å². The second-order valence-electron chi connectivity index (χ2n) is 28.9. The van der Waals surface area contributed by atoms with Crippen LogP contribution < -0.4 is 21.3 Å². The number of nitrogens with zero attached hydrogens (tertiary/aromatic N) is 19. The van der Waals surface area contributed by atoms with E-state index < -0.39 is 11.9 Å². The fraction of sp³-hybridized carbons (Fsp3) is 0.392.